The van der Waals surface area contributed by atoms with Gasteiger partial charge in [-0.15, -0.1) is 0 Å². The molecule has 3 nitrogen and oxygen atoms in total. The second kappa shape index (κ2) is 5.92. The van der Waals surface area contributed by atoms with Crippen LogP contribution in [0.15, 0.2) is 72.8 Å². The Bertz CT molecular complexity index is 1120. The summed E-state index contributed by atoms with van der Waals surface area (Å²) in [6.45, 7) is 0.709. The van der Waals surface area contributed by atoms with Crippen molar-refractivity contribution in [2.24, 2.45) is 0 Å². The minimum atomic E-state index is -0.193. The highest BCUT2D eigenvalue weighted by Gasteiger charge is 2.17. The maximum atomic E-state index is 14.2. The lowest BCUT2D eigenvalue weighted by Crippen LogP contribution is -2.03. The number of ether oxygens (including phenoxy) is 2. The fraction of sp³-hybridized carbons (Fsp3) is 0.0909. The Morgan fingerprint density at radius 2 is 1.65 bits per heavy atom. The summed E-state index contributed by atoms with van der Waals surface area (Å²) in [4.78, 5) is 0. The van der Waals surface area contributed by atoms with Crippen molar-refractivity contribution in [2.75, 3.05) is 6.79 Å². The third-order valence-corrected chi connectivity index (χ3v) is 4.77. The molecule has 0 saturated carbocycles. The van der Waals surface area contributed by atoms with Gasteiger partial charge in [-0.3, -0.25) is 0 Å². The standard InChI is InChI=1S/C22H16FNO2/c23-18-7-3-1-6-17(18)13-24-19-8-4-2-5-15(19)11-20(24)16-9-10-21-22(12-16)26-14-25-21/h1-12H,13-14H2. The van der Waals surface area contributed by atoms with Crippen molar-refractivity contribution < 1.29 is 13.9 Å². The zero-order valence-electron chi connectivity index (χ0n) is 14.0. The summed E-state index contributed by atoms with van der Waals surface area (Å²) in [7, 11) is 0. The van der Waals surface area contributed by atoms with E-state index in [2.05, 4.69) is 22.8 Å². The number of hydrogen-bond acceptors (Lipinski definition) is 2. The maximum absolute atomic E-state index is 14.2. The van der Waals surface area contributed by atoms with Crippen LogP contribution in [0, 0.1) is 5.82 Å². The van der Waals surface area contributed by atoms with Gasteiger partial charge in [0.25, 0.3) is 0 Å². The molecular weight excluding hydrogens is 329 g/mol. The van der Waals surface area contributed by atoms with Crippen LogP contribution >= 0.6 is 0 Å². The molecule has 0 spiro atoms. The lowest BCUT2D eigenvalue weighted by molar-refractivity contribution is 0.174. The zero-order chi connectivity index (χ0) is 17.5. The Morgan fingerprint density at radius 3 is 2.58 bits per heavy atom. The van der Waals surface area contributed by atoms with Gasteiger partial charge in [0.1, 0.15) is 5.82 Å². The van der Waals surface area contributed by atoms with Gasteiger partial charge in [0.15, 0.2) is 11.5 Å². The molecule has 128 valence electrons. The molecule has 0 atom stereocenters. The topological polar surface area (TPSA) is 23.4 Å². The lowest BCUT2D eigenvalue weighted by atomic mass is 10.1. The Morgan fingerprint density at radius 1 is 0.846 bits per heavy atom. The van der Waals surface area contributed by atoms with E-state index in [1.807, 2.05) is 42.5 Å². The molecule has 3 aromatic carbocycles. The molecule has 26 heavy (non-hydrogen) atoms. The Kier molecular flexibility index (Phi) is 3.42. The average molecular weight is 345 g/mol. The van der Waals surface area contributed by atoms with Gasteiger partial charge in [-0.2, -0.15) is 0 Å². The van der Waals surface area contributed by atoms with Gasteiger partial charge in [0.2, 0.25) is 6.79 Å². The number of hydrogen-bond donors (Lipinski definition) is 0. The monoisotopic (exact) mass is 345 g/mol. The van der Waals surface area contributed by atoms with Crippen LogP contribution in [-0.4, -0.2) is 11.4 Å². The number of fused-ring (bicyclic) bond motifs is 2. The van der Waals surface area contributed by atoms with E-state index in [9.17, 15) is 4.39 Å². The van der Waals surface area contributed by atoms with Crippen molar-refractivity contribution in [1.82, 2.24) is 4.57 Å². The first-order valence-electron chi connectivity index (χ1n) is 8.51. The smallest absolute Gasteiger partial charge is 0.231 e. The van der Waals surface area contributed by atoms with Crippen molar-refractivity contribution >= 4 is 10.9 Å². The Balaban J connectivity index is 1.69. The van der Waals surface area contributed by atoms with E-state index in [1.165, 1.54) is 6.07 Å². The maximum Gasteiger partial charge on any atom is 0.231 e. The molecular formula is C22H16FNO2. The summed E-state index contributed by atoms with van der Waals surface area (Å²) in [5.41, 5.74) is 3.77. The number of nitrogens with zero attached hydrogens (tertiary/aromatic N) is 1. The number of benzene rings is 3. The predicted octanol–water partition coefficient (Wildman–Crippen LogP) is 5.22. The van der Waals surface area contributed by atoms with Crippen LogP contribution < -0.4 is 9.47 Å². The molecule has 0 unspecified atom stereocenters. The number of para-hydroxylation sites is 1. The van der Waals surface area contributed by atoms with E-state index in [4.69, 9.17) is 9.47 Å². The second-order valence-corrected chi connectivity index (χ2v) is 6.33. The van der Waals surface area contributed by atoms with E-state index in [0.29, 0.717) is 12.1 Å². The first-order valence-corrected chi connectivity index (χ1v) is 8.51. The summed E-state index contributed by atoms with van der Waals surface area (Å²) in [6.07, 6.45) is 0. The molecule has 4 heteroatoms. The fourth-order valence-electron chi connectivity index (χ4n) is 3.47. The molecule has 2 heterocycles. The normalized spacial score (nSPS) is 12.7. The van der Waals surface area contributed by atoms with Crippen molar-refractivity contribution in [3.05, 3.63) is 84.2 Å². The van der Waals surface area contributed by atoms with Gasteiger partial charge in [-0.05, 0) is 36.4 Å². The minimum absolute atomic E-state index is 0.193. The highest BCUT2D eigenvalue weighted by atomic mass is 19.1. The van der Waals surface area contributed by atoms with E-state index in [0.717, 1.165) is 33.7 Å². The van der Waals surface area contributed by atoms with E-state index in [1.54, 1.807) is 6.07 Å². The number of rotatable bonds is 3. The van der Waals surface area contributed by atoms with Crippen LogP contribution in [0.25, 0.3) is 22.2 Å². The van der Waals surface area contributed by atoms with Gasteiger partial charge >= 0.3 is 0 Å². The zero-order valence-corrected chi connectivity index (χ0v) is 14.0. The summed E-state index contributed by atoms with van der Waals surface area (Å²) in [6, 6.07) is 23.1. The molecule has 0 fully saturated rings. The molecule has 4 aromatic rings. The largest absolute Gasteiger partial charge is 0.454 e. The summed E-state index contributed by atoms with van der Waals surface area (Å²) in [5.74, 6) is 1.30. The van der Waals surface area contributed by atoms with Gasteiger partial charge in [0, 0.05) is 27.7 Å². The van der Waals surface area contributed by atoms with Crippen LogP contribution in [0.3, 0.4) is 0 Å². The van der Waals surface area contributed by atoms with Crippen molar-refractivity contribution in [3.63, 3.8) is 0 Å². The first-order chi connectivity index (χ1) is 12.8. The quantitative estimate of drug-likeness (QED) is 0.508. The molecule has 1 aliphatic rings. The number of aromatic nitrogens is 1. The van der Waals surface area contributed by atoms with Crippen molar-refractivity contribution in [2.45, 2.75) is 6.54 Å². The summed E-state index contributed by atoms with van der Waals surface area (Å²) < 4.78 is 27.3. The van der Waals surface area contributed by atoms with Crippen molar-refractivity contribution in [1.29, 1.82) is 0 Å². The lowest BCUT2D eigenvalue weighted by Gasteiger charge is -2.12. The highest BCUT2D eigenvalue weighted by molar-refractivity contribution is 5.87. The molecule has 1 aromatic heterocycles. The van der Waals surface area contributed by atoms with Gasteiger partial charge in [0.05, 0.1) is 6.54 Å². The molecule has 0 radical (unpaired) electrons. The first kappa shape index (κ1) is 15.0. The Labute approximate surface area is 150 Å². The molecule has 0 N–H and O–H groups in total. The van der Waals surface area contributed by atoms with Gasteiger partial charge < -0.3 is 14.0 Å². The molecule has 0 amide bonds. The third kappa shape index (κ3) is 2.42. The molecule has 5 rings (SSSR count). The summed E-state index contributed by atoms with van der Waals surface area (Å²) >= 11 is 0. The SMILES string of the molecule is Fc1ccccc1Cn1c(-c2ccc3c(c2)OCO3)cc2ccccc21. The van der Waals surface area contributed by atoms with Crippen LogP contribution in [-0.2, 0) is 6.54 Å². The molecule has 0 saturated heterocycles. The summed E-state index contributed by atoms with van der Waals surface area (Å²) in [5, 5.41) is 1.12. The number of halogens is 1. The van der Waals surface area contributed by atoms with E-state index >= 15 is 0 Å². The Hall–Kier alpha value is -3.27. The van der Waals surface area contributed by atoms with Crippen LogP contribution in [0.2, 0.25) is 0 Å². The molecule has 0 aliphatic carbocycles. The highest BCUT2D eigenvalue weighted by Crippen LogP contribution is 2.37. The molecule has 0 bridgehead atoms. The second-order valence-electron chi connectivity index (χ2n) is 6.33. The van der Waals surface area contributed by atoms with Gasteiger partial charge in [-0.1, -0.05) is 36.4 Å². The third-order valence-electron chi connectivity index (χ3n) is 4.77. The predicted molar refractivity (Wildman–Crippen MR) is 99.0 cm³/mol. The minimum Gasteiger partial charge on any atom is -0.454 e. The van der Waals surface area contributed by atoms with E-state index in [-0.39, 0.29) is 12.6 Å². The van der Waals surface area contributed by atoms with Crippen molar-refractivity contribution in [3.8, 4) is 22.8 Å². The van der Waals surface area contributed by atoms with E-state index < -0.39 is 0 Å². The van der Waals surface area contributed by atoms with Crippen LogP contribution in [0.1, 0.15) is 5.56 Å². The molecule has 1 aliphatic heterocycles. The van der Waals surface area contributed by atoms with Gasteiger partial charge in [-0.25, -0.2) is 4.39 Å². The van der Waals surface area contributed by atoms with Crippen LogP contribution in [0.4, 0.5) is 4.39 Å². The van der Waals surface area contributed by atoms with Crippen LogP contribution in [0.5, 0.6) is 11.5 Å². The fourth-order valence-corrected chi connectivity index (χ4v) is 3.47. The average Bonchev–Trinajstić information content (AvgIpc) is 3.28.